The number of hydrogen-bond acceptors (Lipinski definition) is 6. The molecule has 2 rings (SSSR count). The highest BCUT2D eigenvalue weighted by molar-refractivity contribution is 7.15. The zero-order valence-corrected chi connectivity index (χ0v) is 13.3. The second-order valence-corrected chi connectivity index (χ2v) is 6.32. The van der Waals surface area contributed by atoms with E-state index in [4.69, 9.17) is 4.74 Å². The van der Waals surface area contributed by atoms with Gasteiger partial charge in [-0.25, -0.2) is 0 Å². The van der Waals surface area contributed by atoms with Crippen molar-refractivity contribution in [3.8, 4) is 5.88 Å². The van der Waals surface area contributed by atoms with Gasteiger partial charge in [-0.2, -0.15) is 16.3 Å². The molecule has 6 heteroatoms. The number of nitrogens with zero attached hydrogens (tertiary/aromatic N) is 2. The minimum Gasteiger partial charge on any atom is -0.480 e. The molecule has 2 aromatic rings. The quantitative estimate of drug-likeness (QED) is 0.889. The maximum Gasteiger partial charge on any atom is 0.230 e. The smallest absolute Gasteiger partial charge is 0.230 e. The summed E-state index contributed by atoms with van der Waals surface area (Å²) in [6.07, 6.45) is 0. The second kappa shape index (κ2) is 6.36. The van der Waals surface area contributed by atoms with Gasteiger partial charge in [0.2, 0.25) is 5.88 Å². The third-order valence-corrected chi connectivity index (χ3v) is 4.74. The van der Waals surface area contributed by atoms with Crippen LogP contribution in [-0.2, 0) is 6.54 Å². The van der Waals surface area contributed by atoms with Crippen molar-refractivity contribution in [2.75, 3.05) is 26.1 Å². The summed E-state index contributed by atoms with van der Waals surface area (Å²) in [7, 11) is 5.65. The summed E-state index contributed by atoms with van der Waals surface area (Å²) in [5.74, 6) is 0.721. The molecule has 0 aliphatic carbocycles. The fourth-order valence-corrected chi connectivity index (χ4v) is 3.33. The molecule has 104 valence electrons. The molecule has 2 heterocycles. The zero-order valence-electron chi connectivity index (χ0n) is 11.6. The SMILES string of the molecule is COc1nc(N(C)C)sc1CNC(C)c1ccsc1. The molecule has 0 aliphatic rings. The molecule has 1 atom stereocenters. The summed E-state index contributed by atoms with van der Waals surface area (Å²) in [6.45, 7) is 2.94. The Morgan fingerprint density at radius 2 is 2.26 bits per heavy atom. The Bertz CT molecular complexity index is 508. The lowest BCUT2D eigenvalue weighted by Crippen LogP contribution is -2.17. The van der Waals surface area contributed by atoms with Gasteiger partial charge < -0.3 is 15.0 Å². The molecule has 2 aromatic heterocycles. The van der Waals surface area contributed by atoms with Gasteiger partial charge in [0.15, 0.2) is 5.13 Å². The Morgan fingerprint density at radius 3 is 2.84 bits per heavy atom. The molecule has 0 radical (unpaired) electrons. The molecule has 0 saturated heterocycles. The summed E-state index contributed by atoms with van der Waals surface area (Å²) < 4.78 is 5.33. The molecule has 0 amide bonds. The molecule has 19 heavy (non-hydrogen) atoms. The predicted molar refractivity (Wildman–Crippen MR) is 82.6 cm³/mol. The van der Waals surface area contributed by atoms with E-state index in [-0.39, 0.29) is 0 Å². The first-order valence-electron chi connectivity index (χ1n) is 6.08. The van der Waals surface area contributed by atoms with Crippen LogP contribution in [0.25, 0.3) is 0 Å². The van der Waals surface area contributed by atoms with Crippen LogP contribution < -0.4 is 15.0 Å². The molecular formula is C13H19N3OS2. The minimum absolute atomic E-state index is 0.334. The van der Waals surface area contributed by atoms with Gasteiger partial charge in [-0.3, -0.25) is 0 Å². The number of thiazole rings is 1. The van der Waals surface area contributed by atoms with Crippen molar-refractivity contribution in [3.63, 3.8) is 0 Å². The van der Waals surface area contributed by atoms with Gasteiger partial charge in [0.25, 0.3) is 0 Å². The average Bonchev–Trinajstić information content (AvgIpc) is 3.04. The Morgan fingerprint density at radius 1 is 1.47 bits per heavy atom. The molecule has 1 unspecified atom stereocenters. The number of thiophene rings is 1. The van der Waals surface area contributed by atoms with Crippen LogP contribution in [-0.4, -0.2) is 26.2 Å². The van der Waals surface area contributed by atoms with Crippen molar-refractivity contribution in [2.24, 2.45) is 0 Å². The van der Waals surface area contributed by atoms with Gasteiger partial charge in [-0.1, -0.05) is 11.3 Å². The third kappa shape index (κ3) is 3.46. The van der Waals surface area contributed by atoms with E-state index in [2.05, 4.69) is 34.1 Å². The van der Waals surface area contributed by atoms with Crippen molar-refractivity contribution >= 4 is 27.8 Å². The van der Waals surface area contributed by atoms with Crippen LogP contribution in [0.5, 0.6) is 5.88 Å². The van der Waals surface area contributed by atoms with Crippen LogP contribution in [0.1, 0.15) is 23.4 Å². The van der Waals surface area contributed by atoms with Crippen LogP contribution >= 0.6 is 22.7 Å². The van der Waals surface area contributed by atoms with Crippen molar-refractivity contribution in [1.82, 2.24) is 10.3 Å². The number of methoxy groups -OCH3 is 1. The highest BCUT2D eigenvalue weighted by Crippen LogP contribution is 2.30. The van der Waals surface area contributed by atoms with Crippen LogP contribution in [0, 0.1) is 0 Å². The fraction of sp³-hybridized carbons (Fsp3) is 0.462. The monoisotopic (exact) mass is 297 g/mol. The van der Waals surface area contributed by atoms with E-state index < -0.39 is 0 Å². The molecule has 0 spiro atoms. The second-order valence-electron chi connectivity index (χ2n) is 4.48. The maximum absolute atomic E-state index is 5.33. The molecule has 1 N–H and O–H groups in total. The van der Waals surface area contributed by atoms with Gasteiger partial charge in [-0.05, 0) is 29.3 Å². The Labute approximate surface area is 122 Å². The van der Waals surface area contributed by atoms with E-state index in [1.165, 1.54) is 5.56 Å². The first-order valence-corrected chi connectivity index (χ1v) is 7.84. The first-order chi connectivity index (χ1) is 9.11. The lowest BCUT2D eigenvalue weighted by Gasteiger charge is -2.11. The van der Waals surface area contributed by atoms with Gasteiger partial charge in [0.05, 0.1) is 12.0 Å². The van der Waals surface area contributed by atoms with Gasteiger partial charge in [0, 0.05) is 26.7 Å². The van der Waals surface area contributed by atoms with Crippen molar-refractivity contribution in [2.45, 2.75) is 19.5 Å². The van der Waals surface area contributed by atoms with Crippen molar-refractivity contribution in [3.05, 3.63) is 27.3 Å². The lowest BCUT2D eigenvalue weighted by molar-refractivity contribution is 0.393. The fourth-order valence-electron chi connectivity index (χ4n) is 1.67. The summed E-state index contributed by atoms with van der Waals surface area (Å²) in [6, 6.07) is 2.48. The normalized spacial score (nSPS) is 12.4. The highest BCUT2D eigenvalue weighted by Gasteiger charge is 2.14. The van der Waals surface area contributed by atoms with E-state index in [1.54, 1.807) is 29.8 Å². The number of nitrogens with one attached hydrogen (secondary N) is 1. The molecule has 4 nitrogen and oxygen atoms in total. The third-order valence-electron chi connectivity index (χ3n) is 2.84. The molecule has 0 saturated carbocycles. The molecule has 0 aromatic carbocycles. The maximum atomic E-state index is 5.33. The Hall–Kier alpha value is -1.11. The van der Waals surface area contributed by atoms with E-state index in [0.29, 0.717) is 6.04 Å². The van der Waals surface area contributed by atoms with Crippen LogP contribution in [0.15, 0.2) is 16.8 Å². The molecule has 0 fully saturated rings. The summed E-state index contributed by atoms with van der Waals surface area (Å²) in [5.41, 5.74) is 1.32. The number of rotatable bonds is 6. The van der Waals surface area contributed by atoms with Gasteiger partial charge in [0.1, 0.15) is 0 Å². The van der Waals surface area contributed by atoms with Gasteiger partial charge in [-0.15, -0.1) is 0 Å². The van der Waals surface area contributed by atoms with Crippen LogP contribution in [0.3, 0.4) is 0 Å². The highest BCUT2D eigenvalue weighted by atomic mass is 32.1. The first kappa shape index (κ1) is 14.3. The number of ether oxygens (including phenoxy) is 1. The minimum atomic E-state index is 0.334. The number of hydrogen-bond donors (Lipinski definition) is 1. The average molecular weight is 297 g/mol. The summed E-state index contributed by atoms with van der Waals surface area (Å²) >= 11 is 3.39. The summed E-state index contributed by atoms with van der Waals surface area (Å²) in [4.78, 5) is 7.58. The zero-order chi connectivity index (χ0) is 13.8. The molecule has 0 aliphatic heterocycles. The van der Waals surface area contributed by atoms with E-state index in [0.717, 1.165) is 22.4 Å². The standard InChI is InChI=1S/C13H19N3OS2/c1-9(10-5-6-18-8-10)14-7-11-12(17-4)15-13(19-11)16(2)3/h5-6,8-9,14H,7H2,1-4H3. The molecular weight excluding hydrogens is 278 g/mol. The van der Waals surface area contributed by atoms with Crippen molar-refractivity contribution in [1.29, 1.82) is 0 Å². The lowest BCUT2D eigenvalue weighted by atomic mass is 10.2. The van der Waals surface area contributed by atoms with Crippen LogP contribution in [0.4, 0.5) is 5.13 Å². The Balaban J connectivity index is 2.02. The van der Waals surface area contributed by atoms with E-state index in [1.807, 2.05) is 19.0 Å². The Kier molecular flexibility index (Phi) is 4.79. The summed E-state index contributed by atoms with van der Waals surface area (Å²) in [5, 5.41) is 8.75. The topological polar surface area (TPSA) is 37.4 Å². The van der Waals surface area contributed by atoms with E-state index in [9.17, 15) is 0 Å². The van der Waals surface area contributed by atoms with Crippen LogP contribution in [0.2, 0.25) is 0 Å². The van der Waals surface area contributed by atoms with Crippen molar-refractivity contribution < 1.29 is 4.74 Å². The number of anilines is 1. The number of aromatic nitrogens is 1. The largest absolute Gasteiger partial charge is 0.480 e. The predicted octanol–water partition coefficient (Wildman–Crippen LogP) is 3.13. The van der Waals surface area contributed by atoms with E-state index >= 15 is 0 Å². The molecule has 0 bridgehead atoms. The van der Waals surface area contributed by atoms with Gasteiger partial charge >= 0.3 is 0 Å².